The number of hydrogen-bond donors (Lipinski definition) is 1. The maximum absolute atomic E-state index is 12.5. The monoisotopic (exact) mass is 390 g/mol. The van der Waals surface area contributed by atoms with E-state index in [0.29, 0.717) is 24.7 Å². The molecule has 27 heavy (non-hydrogen) atoms. The first kappa shape index (κ1) is 19.2. The summed E-state index contributed by atoms with van der Waals surface area (Å²) in [6.07, 6.45) is 4.34. The summed E-state index contributed by atoms with van der Waals surface area (Å²) < 4.78 is 5.09. The average molecular weight is 391 g/mol. The van der Waals surface area contributed by atoms with Gasteiger partial charge in [0.15, 0.2) is 6.39 Å². The molecular formula is C19H23ClN4O3. The first-order valence-electron chi connectivity index (χ1n) is 8.89. The molecule has 1 N–H and O–H groups in total. The minimum atomic E-state index is -0.192. The zero-order valence-corrected chi connectivity index (χ0v) is 16.2. The molecule has 1 aromatic heterocycles. The number of aryl methyl sites for hydroxylation is 1. The lowest BCUT2D eigenvalue weighted by Gasteiger charge is -2.37. The standard InChI is InChI=1S/C19H23ClN4O3/c1-13-8-14(5-6-16(13)20)9-22-19(26)23(2)15-4-3-7-24(11-15)18(25)17-10-21-12-27-17/h5-6,8,10,12,15H,3-4,7,9,11H2,1-2H3,(H,22,26)/t15-/m1/s1. The van der Waals surface area contributed by atoms with Crippen molar-refractivity contribution in [1.29, 1.82) is 0 Å². The summed E-state index contributed by atoms with van der Waals surface area (Å²) >= 11 is 6.03. The minimum Gasteiger partial charge on any atom is -0.438 e. The fourth-order valence-electron chi connectivity index (χ4n) is 3.22. The van der Waals surface area contributed by atoms with Crippen molar-refractivity contribution < 1.29 is 14.0 Å². The number of oxazole rings is 1. The lowest BCUT2D eigenvalue weighted by atomic mass is 10.0. The van der Waals surface area contributed by atoms with Gasteiger partial charge in [-0.2, -0.15) is 0 Å². The Labute approximate surface area is 163 Å². The van der Waals surface area contributed by atoms with E-state index in [-0.39, 0.29) is 23.7 Å². The second kappa shape index (κ2) is 8.43. The molecule has 7 nitrogen and oxygen atoms in total. The van der Waals surface area contributed by atoms with Gasteiger partial charge in [0.2, 0.25) is 5.76 Å². The van der Waals surface area contributed by atoms with Gasteiger partial charge in [-0.3, -0.25) is 4.79 Å². The van der Waals surface area contributed by atoms with Gasteiger partial charge >= 0.3 is 6.03 Å². The molecule has 2 aromatic rings. The zero-order chi connectivity index (χ0) is 19.4. The smallest absolute Gasteiger partial charge is 0.317 e. The third-order valence-corrected chi connectivity index (χ3v) is 5.29. The molecule has 0 aliphatic carbocycles. The molecule has 3 rings (SSSR count). The molecule has 1 atom stereocenters. The van der Waals surface area contributed by atoms with Crippen LogP contribution in [0.2, 0.25) is 5.02 Å². The zero-order valence-electron chi connectivity index (χ0n) is 15.4. The Morgan fingerprint density at radius 2 is 2.26 bits per heavy atom. The number of likely N-dealkylation sites (N-methyl/N-ethyl adjacent to an activating group) is 1. The van der Waals surface area contributed by atoms with Crippen LogP contribution in [-0.2, 0) is 6.54 Å². The van der Waals surface area contributed by atoms with Gasteiger partial charge in [0.1, 0.15) is 0 Å². The number of nitrogens with zero attached hydrogens (tertiary/aromatic N) is 3. The molecule has 1 aliphatic rings. The molecule has 2 heterocycles. The van der Waals surface area contributed by atoms with Crippen LogP contribution in [0.15, 0.2) is 35.2 Å². The molecule has 0 radical (unpaired) electrons. The van der Waals surface area contributed by atoms with E-state index in [2.05, 4.69) is 10.3 Å². The van der Waals surface area contributed by atoms with E-state index >= 15 is 0 Å². The number of benzene rings is 1. The molecule has 1 aliphatic heterocycles. The van der Waals surface area contributed by atoms with Crippen LogP contribution >= 0.6 is 11.6 Å². The van der Waals surface area contributed by atoms with Crippen LogP contribution in [0.1, 0.15) is 34.5 Å². The van der Waals surface area contributed by atoms with Crippen LogP contribution in [0.25, 0.3) is 0 Å². The number of carbonyl (C=O) groups excluding carboxylic acids is 2. The highest BCUT2D eigenvalue weighted by Gasteiger charge is 2.30. The van der Waals surface area contributed by atoms with Crippen molar-refractivity contribution in [2.45, 2.75) is 32.4 Å². The molecule has 0 spiro atoms. The molecule has 1 aromatic carbocycles. The number of amides is 3. The van der Waals surface area contributed by atoms with Gasteiger partial charge in [0.05, 0.1) is 12.2 Å². The summed E-state index contributed by atoms with van der Waals surface area (Å²) in [5, 5.41) is 3.64. The number of nitrogens with one attached hydrogen (secondary N) is 1. The Hall–Kier alpha value is -2.54. The highest BCUT2D eigenvalue weighted by Crippen LogP contribution is 2.18. The van der Waals surface area contributed by atoms with Crippen molar-refractivity contribution in [2.75, 3.05) is 20.1 Å². The van der Waals surface area contributed by atoms with E-state index in [0.717, 1.165) is 24.0 Å². The summed E-state index contributed by atoms with van der Waals surface area (Å²) in [6.45, 7) is 3.48. The predicted molar refractivity (Wildman–Crippen MR) is 102 cm³/mol. The maximum Gasteiger partial charge on any atom is 0.317 e. The first-order chi connectivity index (χ1) is 13.0. The van der Waals surface area contributed by atoms with Gasteiger partial charge in [-0.15, -0.1) is 0 Å². The van der Waals surface area contributed by atoms with Crippen molar-refractivity contribution in [2.24, 2.45) is 0 Å². The van der Waals surface area contributed by atoms with E-state index in [1.54, 1.807) is 16.8 Å². The van der Waals surface area contributed by atoms with Gasteiger partial charge in [0.25, 0.3) is 5.91 Å². The van der Waals surface area contributed by atoms with Gasteiger partial charge in [-0.1, -0.05) is 23.7 Å². The second-order valence-corrected chi connectivity index (χ2v) is 7.17. The van der Waals surface area contributed by atoms with Crippen molar-refractivity contribution in [3.63, 3.8) is 0 Å². The lowest BCUT2D eigenvalue weighted by molar-refractivity contribution is 0.0606. The minimum absolute atomic E-state index is 0.0439. The number of likely N-dealkylation sites (tertiary alicyclic amines) is 1. The average Bonchev–Trinajstić information content (AvgIpc) is 3.22. The highest BCUT2D eigenvalue weighted by atomic mass is 35.5. The van der Waals surface area contributed by atoms with E-state index < -0.39 is 0 Å². The van der Waals surface area contributed by atoms with Crippen LogP contribution in [0.4, 0.5) is 4.79 Å². The number of piperidine rings is 1. The highest BCUT2D eigenvalue weighted by molar-refractivity contribution is 6.31. The van der Waals surface area contributed by atoms with Crippen molar-refractivity contribution in [3.8, 4) is 0 Å². The molecular weight excluding hydrogens is 368 g/mol. The Kier molecular flexibility index (Phi) is 6.01. The van der Waals surface area contributed by atoms with Crippen LogP contribution < -0.4 is 5.32 Å². The predicted octanol–water partition coefficient (Wildman–Crippen LogP) is 3.08. The molecule has 1 saturated heterocycles. The van der Waals surface area contributed by atoms with Crippen LogP contribution in [0.3, 0.4) is 0 Å². The SMILES string of the molecule is Cc1cc(CNC(=O)N(C)[C@@H]2CCCN(C(=O)c3cnco3)C2)ccc1Cl. The number of urea groups is 1. The fourth-order valence-corrected chi connectivity index (χ4v) is 3.34. The number of aromatic nitrogens is 1. The quantitative estimate of drug-likeness (QED) is 0.870. The number of halogens is 1. The Bertz CT molecular complexity index is 809. The lowest BCUT2D eigenvalue weighted by Crippen LogP contribution is -2.52. The van der Waals surface area contributed by atoms with E-state index in [9.17, 15) is 9.59 Å². The number of carbonyl (C=O) groups is 2. The third kappa shape index (κ3) is 4.60. The first-order valence-corrected chi connectivity index (χ1v) is 9.27. The fraction of sp³-hybridized carbons (Fsp3) is 0.421. The largest absolute Gasteiger partial charge is 0.438 e. The van der Waals surface area contributed by atoms with Gasteiger partial charge in [0, 0.05) is 31.7 Å². The summed E-state index contributed by atoms with van der Waals surface area (Å²) in [6, 6.07) is 5.48. The van der Waals surface area contributed by atoms with E-state index in [4.69, 9.17) is 16.0 Å². The Balaban J connectivity index is 1.55. The van der Waals surface area contributed by atoms with E-state index in [1.807, 2.05) is 25.1 Å². The van der Waals surface area contributed by atoms with Crippen LogP contribution in [0.5, 0.6) is 0 Å². The van der Waals surface area contributed by atoms with Crippen molar-refractivity contribution >= 4 is 23.5 Å². The molecule has 0 bridgehead atoms. The van der Waals surface area contributed by atoms with Gasteiger partial charge in [-0.05, 0) is 37.0 Å². The number of rotatable bonds is 4. The van der Waals surface area contributed by atoms with Crippen molar-refractivity contribution in [3.05, 3.63) is 52.7 Å². The topological polar surface area (TPSA) is 78.7 Å². The maximum atomic E-state index is 12.5. The summed E-state index contributed by atoms with van der Waals surface area (Å²) in [5.41, 5.74) is 1.97. The molecule has 144 valence electrons. The Morgan fingerprint density at radius 3 is 2.96 bits per heavy atom. The second-order valence-electron chi connectivity index (χ2n) is 6.77. The van der Waals surface area contributed by atoms with Gasteiger partial charge < -0.3 is 19.5 Å². The van der Waals surface area contributed by atoms with E-state index in [1.165, 1.54) is 12.6 Å². The molecule has 0 unspecified atom stereocenters. The Morgan fingerprint density at radius 1 is 1.44 bits per heavy atom. The third-order valence-electron chi connectivity index (χ3n) is 4.86. The number of hydrogen-bond acceptors (Lipinski definition) is 4. The molecule has 1 fully saturated rings. The molecule has 0 saturated carbocycles. The van der Waals surface area contributed by atoms with Crippen molar-refractivity contribution in [1.82, 2.24) is 20.1 Å². The molecule has 3 amide bonds. The van der Waals surface area contributed by atoms with Gasteiger partial charge in [-0.25, -0.2) is 9.78 Å². The normalized spacial score (nSPS) is 16.9. The summed E-state index contributed by atoms with van der Waals surface area (Å²) in [5.74, 6) is 0.0310. The molecule has 8 heteroatoms. The van der Waals surface area contributed by atoms with Crippen LogP contribution in [0, 0.1) is 6.92 Å². The summed E-state index contributed by atoms with van der Waals surface area (Å²) in [4.78, 5) is 32.1. The summed E-state index contributed by atoms with van der Waals surface area (Å²) in [7, 11) is 1.76. The van der Waals surface area contributed by atoms with Crippen LogP contribution in [-0.4, -0.2) is 52.9 Å².